The van der Waals surface area contributed by atoms with Crippen LogP contribution in [0.2, 0.25) is 0 Å². The van der Waals surface area contributed by atoms with E-state index in [0.29, 0.717) is 0 Å². The lowest BCUT2D eigenvalue weighted by molar-refractivity contribution is 0.436. The number of thiophene rings is 1. The van der Waals surface area contributed by atoms with Crippen molar-refractivity contribution in [1.29, 1.82) is 0 Å². The van der Waals surface area contributed by atoms with Crippen LogP contribution in [0.15, 0.2) is 12.4 Å². The molecule has 0 aromatic carbocycles. The van der Waals surface area contributed by atoms with Crippen molar-refractivity contribution in [3.8, 4) is 0 Å². The highest BCUT2D eigenvalue weighted by Gasteiger charge is 2.22. The highest BCUT2D eigenvalue weighted by atomic mass is 32.1. The Bertz CT molecular complexity index is 762. The molecule has 0 bridgehead atoms. The van der Waals surface area contributed by atoms with Gasteiger partial charge in [-0.2, -0.15) is 0 Å². The molecular weight excluding hydrogens is 272 g/mol. The van der Waals surface area contributed by atoms with E-state index >= 15 is 0 Å². The molecular formula is C13H14N6S. The molecule has 1 aliphatic rings. The van der Waals surface area contributed by atoms with Gasteiger partial charge < -0.3 is 4.90 Å². The second-order valence-electron chi connectivity index (χ2n) is 5.27. The van der Waals surface area contributed by atoms with E-state index in [-0.39, 0.29) is 0 Å². The van der Waals surface area contributed by atoms with Crippen LogP contribution in [0, 0.1) is 5.92 Å². The van der Waals surface area contributed by atoms with Gasteiger partial charge in [0, 0.05) is 25.5 Å². The van der Waals surface area contributed by atoms with Gasteiger partial charge in [0.25, 0.3) is 0 Å². The summed E-state index contributed by atoms with van der Waals surface area (Å²) in [6, 6.07) is 0. The first-order valence-electron chi connectivity index (χ1n) is 6.80. The van der Waals surface area contributed by atoms with Gasteiger partial charge in [-0.1, -0.05) is 6.92 Å². The summed E-state index contributed by atoms with van der Waals surface area (Å²) in [5.41, 5.74) is 1.65. The molecule has 1 saturated heterocycles. The highest BCUT2D eigenvalue weighted by molar-refractivity contribution is 7.25. The maximum Gasteiger partial charge on any atom is 0.172 e. The van der Waals surface area contributed by atoms with Crippen molar-refractivity contribution >= 4 is 37.7 Å². The lowest BCUT2D eigenvalue weighted by Gasteiger charge is -2.30. The van der Waals surface area contributed by atoms with Crippen LogP contribution in [-0.2, 0) is 0 Å². The van der Waals surface area contributed by atoms with Crippen molar-refractivity contribution in [2.75, 3.05) is 18.0 Å². The summed E-state index contributed by atoms with van der Waals surface area (Å²) in [5.74, 6) is 1.73. The molecule has 4 rings (SSSR count). The molecule has 4 heterocycles. The first-order valence-corrected chi connectivity index (χ1v) is 7.62. The summed E-state index contributed by atoms with van der Waals surface area (Å²) < 4.78 is 1.05. The van der Waals surface area contributed by atoms with Crippen molar-refractivity contribution in [2.45, 2.75) is 19.8 Å². The van der Waals surface area contributed by atoms with Crippen LogP contribution < -0.4 is 4.90 Å². The molecule has 0 unspecified atom stereocenters. The lowest BCUT2D eigenvalue weighted by atomic mass is 9.99. The van der Waals surface area contributed by atoms with Crippen LogP contribution in [0.1, 0.15) is 19.8 Å². The number of anilines is 1. The third-order valence-corrected chi connectivity index (χ3v) is 4.95. The summed E-state index contributed by atoms with van der Waals surface area (Å²) in [5, 5.41) is 12.4. The average molecular weight is 286 g/mol. The molecule has 7 heteroatoms. The van der Waals surface area contributed by atoms with Gasteiger partial charge in [-0.15, -0.1) is 21.5 Å². The SMILES string of the molecule is CC1CCN(c2nnnc3c2sc2nccnc23)CC1. The second-order valence-corrected chi connectivity index (χ2v) is 6.27. The molecule has 6 nitrogen and oxygen atoms in total. The summed E-state index contributed by atoms with van der Waals surface area (Å²) >= 11 is 1.60. The molecule has 3 aromatic rings. The normalized spacial score (nSPS) is 17.1. The largest absolute Gasteiger partial charge is 0.354 e. The van der Waals surface area contributed by atoms with Gasteiger partial charge in [0.2, 0.25) is 0 Å². The Labute approximate surface area is 119 Å². The Morgan fingerprint density at radius 3 is 2.75 bits per heavy atom. The molecule has 20 heavy (non-hydrogen) atoms. The number of piperidine rings is 1. The molecule has 1 aliphatic heterocycles. The van der Waals surface area contributed by atoms with Crippen LogP contribution in [0.25, 0.3) is 20.6 Å². The third kappa shape index (κ3) is 1.81. The van der Waals surface area contributed by atoms with E-state index in [4.69, 9.17) is 0 Å². The second kappa shape index (κ2) is 4.59. The molecule has 0 saturated carbocycles. The molecule has 0 atom stereocenters. The smallest absolute Gasteiger partial charge is 0.172 e. The van der Waals surface area contributed by atoms with Gasteiger partial charge in [0.15, 0.2) is 5.82 Å². The van der Waals surface area contributed by atoms with Crippen molar-refractivity contribution in [1.82, 2.24) is 25.4 Å². The summed E-state index contributed by atoms with van der Waals surface area (Å²) in [4.78, 5) is 11.9. The van der Waals surface area contributed by atoms with Gasteiger partial charge in [-0.3, -0.25) is 0 Å². The van der Waals surface area contributed by atoms with Crippen molar-refractivity contribution in [3.63, 3.8) is 0 Å². The quantitative estimate of drug-likeness (QED) is 0.683. The van der Waals surface area contributed by atoms with Gasteiger partial charge in [0.05, 0.1) is 0 Å². The molecule has 3 aromatic heterocycles. The number of rotatable bonds is 1. The van der Waals surface area contributed by atoms with Crippen LogP contribution in [0.4, 0.5) is 5.82 Å². The first kappa shape index (κ1) is 11.9. The molecule has 0 spiro atoms. The number of hydrogen-bond acceptors (Lipinski definition) is 7. The van der Waals surface area contributed by atoms with Crippen LogP contribution in [-0.4, -0.2) is 38.5 Å². The number of aromatic nitrogens is 5. The maximum absolute atomic E-state index is 4.37. The van der Waals surface area contributed by atoms with Crippen molar-refractivity contribution in [2.24, 2.45) is 5.92 Å². The standard InChI is InChI=1S/C13H14N6S/c1-8-2-6-19(7-3-8)12-11-9(16-18-17-12)10-13(20-11)15-5-4-14-10/h4-5,8H,2-3,6-7H2,1H3. The topological polar surface area (TPSA) is 67.7 Å². The lowest BCUT2D eigenvalue weighted by Crippen LogP contribution is -2.33. The predicted octanol–water partition coefficient (Wildman–Crippen LogP) is 2.27. The van der Waals surface area contributed by atoms with Crippen LogP contribution in [0.3, 0.4) is 0 Å². The Balaban J connectivity index is 1.87. The highest BCUT2D eigenvalue weighted by Crippen LogP contribution is 2.35. The van der Waals surface area contributed by atoms with E-state index < -0.39 is 0 Å². The van der Waals surface area contributed by atoms with E-state index in [9.17, 15) is 0 Å². The molecule has 0 amide bonds. The van der Waals surface area contributed by atoms with E-state index in [1.807, 2.05) is 0 Å². The minimum atomic E-state index is 0.794. The fourth-order valence-electron chi connectivity index (χ4n) is 2.64. The van der Waals surface area contributed by atoms with Gasteiger partial charge in [0.1, 0.15) is 20.6 Å². The predicted molar refractivity (Wildman–Crippen MR) is 78.9 cm³/mol. The Hall–Kier alpha value is -1.89. The zero-order chi connectivity index (χ0) is 13.5. The Morgan fingerprint density at radius 2 is 1.90 bits per heavy atom. The molecule has 1 fully saturated rings. The number of nitrogens with zero attached hydrogens (tertiary/aromatic N) is 6. The molecule has 0 radical (unpaired) electrons. The van der Waals surface area contributed by atoms with Crippen molar-refractivity contribution in [3.05, 3.63) is 12.4 Å². The van der Waals surface area contributed by atoms with Gasteiger partial charge in [-0.25, -0.2) is 9.97 Å². The van der Waals surface area contributed by atoms with Gasteiger partial charge >= 0.3 is 0 Å². The molecule has 0 aliphatic carbocycles. The van der Waals surface area contributed by atoms with Gasteiger partial charge in [-0.05, 0) is 24.0 Å². The molecule has 0 N–H and O–H groups in total. The Kier molecular flexibility index (Phi) is 2.73. The Morgan fingerprint density at radius 1 is 1.10 bits per heavy atom. The maximum atomic E-state index is 4.37. The third-order valence-electron chi connectivity index (χ3n) is 3.87. The first-order chi connectivity index (χ1) is 9.83. The number of fused-ring (bicyclic) bond motifs is 3. The average Bonchev–Trinajstić information content (AvgIpc) is 2.87. The number of hydrogen-bond donors (Lipinski definition) is 0. The summed E-state index contributed by atoms with van der Waals surface area (Å²) in [6.45, 7) is 4.37. The monoisotopic (exact) mass is 286 g/mol. The van der Waals surface area contributed by atoms with E-state index in [2.05, 4.69) is 37.2 Å². The van der Waals surface area contributed by atoms with Crippen LogP contribution >= 0.6 is 11.3 Å². The fourth-order valence-corrected chi connectivity index (χ4v) is 3.69. The van der Waals surface area contributed by atoms with E-state index in [1.54, 1.807) is 23.7 Å². The fraction of sp³-hybridized carbons (Fsp3) is 0.462. The minimum Gasteiger partial charge on any atom is -0.354 e. The van der Waals surface area contributed by atoms with Crippen molar-refractivity contribution < 1.29 is 0 Å². The van der Waals surface area contributed by atoms with E-state index in [0.717, 1.165) is 45.4 Å². The minimum absolute atomic E-state index is 0.794. The summed E-state index contributed by atoms with van der Waals surface area (Å²) in [6.07, 6.45) is 5.81. The van der Waals surface area contributed by atoms with E-state index in [1.165, 1.54) is 12.8 Å². The zero-order valence-electron chi connectivity index (χ0n) is 11.2. The summed E-state index contributed by atoms with van der Waals surface area (Å²) in [7, 11) is 0. The molecule has 102 valence electrons. The zero-order valence-corrected chi connectivity index (χ0v) is 12.0. The van der Waals surface area contributed by atoms with Crippen LogP contribution in [0.5, 0.6) is 0 Å².